The smallest absolute Gasteiger partial charge is 0.338 e. The third-order valence-electron chi connectivity index (χ3n) is 2.96. The van der Waals surface area contributed by atoms with Crippen molar-refractivity contribution >= 4 is 27.6 Å². The van der Waals surface area contributed by atoms with E-state index in [2.05, 4.69) is 25.7 Å². The molecule has 0 radical (unpaired) electrons. The number of aromatic carboxylic acids is 1. The zero-order valence-electron chi connectivity index (χ0n) is 11.7. The molecule has 0 atom stereocenters. The standard InChI is InChI=1S/C14H21BrN2O2/c1-4-17(10-6-9-16(2)3)12-8-5-7-11(15)13(12)14(18)19/h5,7-8H,4,6,9-10H2,1-3H3,(H,18,19). The summed E-state index contributed by atoms with van der Waals surface area (Å²) in [6.07, 6.45) is 1.01. The SMILES string of the molecule is CCN(CCCN(C)C)c1cccc(Br)c1C(=O)O. The molecule has 0 fully saturated rings. The van der Waals surface area contributed by atoms with Gasteiger partial charge in [-0.05, 0) is 62.0 Å². The maximum absolute atomic E-state index is 11.4. The Bertz CT molecular complexity index is 435. The number of nitrogens with zero attached hydrogens (tertiary/aromatic N) is 2. The van der Waals surface area contributed by atoms with E-state index in [4.69, 9.17) is 0 Å². The van der Waals surface area contributed by atoms with Gasteiger partial charge in [-0.1, -0.05) is 6.07 Å². The van der Waals surface area contributed by atoms with E-state index in [-0.39, 0.29) is 0 Å². The van der Waals surface area contributed by atoms with Crippen molar-refractivity contribution in [1.82, 2.24) is 4.90 Å². The van der Waals surface area contributed by atoms with Crippen molar-refractivity contribution < 1.29 is 9.90 Å². The molecule has 0 aliphatic rings. The topological polar surface area (TPSA) is 43.8 Å². The fourth-order valence-corrected chi connectivity index (χ4v) is 2.54. The molecule has 4 nitrogen and oxygen atoms in total. The summed E-state index contributed by atoms with van der Waals surface area (Å²) in [5.74, 6) is -0.895. The van der Waals surface area contributed by atoms with Crippen LogP contribution in [0.2, 0.25) is 0 Å². The second kappa shape index (κ2) is 7.50. The van der Waals surface area contributed by atoms with Gasteiger partial charge in [0.25, 0.3) is 0 Å². The Hall–Kier alpha value is -1.07. The summed E-state index contributed by atoms with van der Waals surface area (Å²) in [4.78, 5) is 15.6. The number of carbonyl (C=O) groups is 1. The fourth-order valence-electron chi connectivity index (χ4n) is 2.01. The van der Waals surface area contributed by atoms with Crippen molar-refractivity contribution in [1.29, 1.82) is 0 Å². The molecule has 0 saturated heterocycles. The Morgan fingerprint density at radius 3 is 2.53 bits per heavy atom. The fraction of sp³-hybridized carbons (Fsp3) is 0.500. The van der Waals surface area contributed by atoms with Crippen LogP contribution in [0.5, 0.6) is 0 Å². The van der Waals surface area contributed by atoms with Gasteiger partial charge in [0.05, 0.1) is 11.3 Å². The van der Waals surface area contributed by atoms with Crippen LogP contribution >= 0.6 is 15.9 Å². The molecule has 5 heteroatoms. The van der Waals surface area contributed by atoms with Gasteiger partial charge >= 0.3 is 5.97 Å². The van der Waals surface area contributed by atoms with Crippen molar-refractivity contribution in [3.8, 4) is 0 Å². The molecule has 0 spiro atoms. The van der Waals surface area contributed by atoms with Gasteiger partial charge in [0.2, 0.25) is 0 Å². The monoisotopic (exact) mass is 328 g/mol. The van der Waals surface area contributed by atoms with Crippen LogP contribution in [0.15, 0.2) is 22.7 Å². The molecular weight excluding hydrogens is 308 g/mol. The van der Waals surface area contributed by atoms with Gasteiger partial charge in [-0.3, -0.25) is 0 Å². The summed E-state index contributed by atoms with van der Waals surface area (Å²) in [6.45, 7) is 4.69. The molecule has 0 aliphatic heterocycles. The van der Waals surface area contributed by atoms with E-state index in [9.17, 15) is 9.90 Å². The van der Waals surface area contributed by atoms with Gasteiger partial charge in [0.15, 0.2) is 0 Å². The van der Waals surface area contributed by atoms with Crippen LogP contribution in [0.1, 0.15) is 23.7 Å². The lowest BCUT2D eigenvalue weighted by atomic mass is 10.1. The Morgan fingerprint density at radius 1 is 1.32 bits per heavy atom. The quantitative estimate of drug-likeness (QED) is 0.835. The molecule has 1 N–H and O–H groups in total. The molecule has 0 heterocycles. The van der Waals surface area contributed by atoms with Crippen LogP contribution in [-0.2, 0) is 0 Å². The summed E-state index contributed by atoms with van der Waals surface area (Å²) in [6, 6.07) is 5.51. The second-order valence-electron chi connectivity index (χ2n) is 4.68. The van der Waals surface area contributed by atoms with Gasteiger partial charge in [-0.2, -0.15) is 0 Å². The van der Waals surface area contributed by atoms with Crippen molar-refractivity contribution in [3.05, 3.63) is 28.2 Å². The number of carboxylic acids is 1. The van der Waals surface area contributed by atoms with Crippen LogP contribution < -0.4 is 4.90 Å². The van der Waals surface area contributed by atoms with Crippen molar-refractivity contribution in [2.75, 3.05) is 38.6 Å². The predicted octanol–water partition coefficient (Wildman–Crippen LogP) is 2.93. The van der Waals surface area contributed by atoms with Crippen molar-refractivity contribution in [3.63, 3.8) is 0 Å². The minimum Gasteiger partial charge on any atom is -0.478 e. The molecule has 106 valence electrons. The molecule has 0 aromatic heterocycles. The molecule has 1 aromatic rings. The maximum Gasteiger partial charge on any atom is 0.338 e. The normalized spacial score (nSPS) is 10.8. The largest absolute Gasteiger partial charge is 0.478 e. The number of anilines is 1. The second-order valence-corrected chi connectivity index (χ2v) is 5.53. The number of benzene rings is 1. The van der Waals surface area contributed by atoms with E-state index in [0.717, 1.165) is 31.7 Å². The lowest BCUT2D eigenvalue weighted by Gasteiger charge is -2.25. The molecular formula is C14H21BrN2O2. The van der Waals surface area contributed by atoms with Gasteiger partial charge in [0, 0.05) is 17.6 Å². The summed E-state index contributed by atoms with van der Waals surface area (Å²) >= 11 is 3.32. The van der Waals surface area contributed by atoms with Crippen LogP contribution in [0.3, 0.4) is 0 Å². The van der Waals surface area contributed by atoms with E-state index < -0.39 is 5.97 Å². The molecule has 0 aliphatic carbocycles. The van der Waals surface area contributed by atoms with Gasteiger partial charge in [-0.25, -0.2) is 4.79 Å². The summed E-state index contributed by atoms with van der Waals surface area (Å²) < 4.78 is 0.628. The Kier molecular flexibility index (Phi) is 6.31. The van der Waals surface area contributed by atoms with E-state index >= 15 is 0 Å². The summed E-state index contributed by atoms with van der Waals surface area (Å²) in [5, 5.41) is 9.34. The first kappa shape index (κ1) is 16.0. The lowest BCUT2D eigenvalue weighted by molar-refractivity contribution is 0.0696. The highest BCUT2D eigenvalue weighted by molar-refractivity contribution is 9.10. The van der Waals surface area contributed by atoms with Crippen LogP contribution in [-0.4, -0.2) is 49.7 Å². The zero-order valence-corrected chi connectivity index (χ0v) is 13.3. The number of rotatable bonds is 7. The Balaban J connectivity index is 2.92. The molecule has 0 bridgehead atoms. The maximum atomic E-state index is 11.4. The highest BCUT2D eigenvalue weighted by Crippen LogP contribution is 2.28. The average molecular weight is 329 g/mol. The number of hydrogen-bond acceptors (Lipinski definition) is 3. The Morgan fingerprint density at radius 2 is 2.00 bits per heavy atom. The molecule has 1 rings (SSSR count). The third kappa shape index (κ3) is 4.51. The third-order valence-corrected chi connectivity index (χ3v) is 3.62. The van der Waals surface area contributed by atoms with Crippen LogP contribution in [0.25, 0.3) is 0 Å². The lowest BCUT2D eigenvalue weighted by Crippen LogP contribution is -2.28. The van der Waals surface area contributed by atoms with Gasteiger partial charge in [0.1, 0.15) is 0 Å². The molecule has 0 unspecified atom stereocenters. The van der Waals surface area contributed by atoms with Crippen molar-refractivity contribution in [2.45, 2.75) is 13.3 Å². The minimum absolute atomic E-state index is 0.342. The number of carboxylic acid groups (broad SMARTS) is 1. The number of halogens is 1. The van der Waals surface area contributed by atoms with E-state index in [1.54, 1.807) is 6.07 Å². The average Bonchev–Trinajstić information content (AvgIpc) is 2.33. The highest BCUT2D eigenvalue weighted by Gasteiger charge is 2.17. The number of hydrogen-bond donors (Lipinski definition) is 1. The predicted molar refractivity (Wildman–Crippen MR) is 82.2 cm³/mol. The van der Waals surface area contributed by atoms with E-state index in [1.807, 2.05) is 33.2 Å². The Labute approximate surface area is 123 Å². The first-order valence-electron chi connectivity index (χ1n) is 6.38. The van der Waals surface area contributed by atoms with Crippen LogP contribution in [0, 0.1) is 0 Å². The van der Waals surface area contributed by atoms with Crippen LogP contribution in [0.4, 0.5) is 5.69 Å². The zero-order chi connectivity index (χ0) is 14.4. The molecule has 0 saturated carbocycles. The highest BCUT2D eigenvalue weighted by atomic mass is 79.9. The first-order valence-corrected chi connectivity index (χ1v) is 7.18. The molecule has 19 heavy (non-hydrogen) atoms. The van der Waals surface area contributed by atoms with Crippen molar-refractivity contribution in [2.24, 2.45) is 0 Å². The summed E-state index contributed by atoms with van der Waals surface area (Å²) in [7, 11) is 4.08. The van der Waals surface area contributed by atoms with E-state index in [1.165, 1.54) is 0 Å². The minimum atomic E-state index is -0.895. The molecule has 0 amide bonds. The van der Waals surface area contributed by atoms with Gasteiger partial charge < -0.3 is 14.9 Å². The van der Waals surface area contributed by atoms with E-state index in [0.29, 0.717) is 10.0 Å². The van der Waals surface area contributed by atoms with Gasteiger partial charge in [-0.15, -0.1) is 0 Å². The summed E-state index contributed by atoms with van der Waals surface area (Å²) in [5.41, 5.74) is 1.12. The first-order chi connectivity index (χ1) is 8.97. The molecule has 1 aromatic carbocycles.